The van der Waals surface area contributed by atoms with E-state index in [0.717, 1.165) is 30.9 Å². The number of nitrogens with one attached hydrogen (secondary N) is 2. The SMILES string of the molecule is CC1(NC(=O)C2CSCCN2)CCCC1. The van der Waals surface area contributed by atoms with Crippen molar-refractivity contribution in [3.8, 4) is 0 Å². The zero-order valence-electron chi connectivity index (χ0n) is 9.34. The fourth-order valence-corrected chi connectivity index (χ4v) is 3.33. The van der Waals surface area contributed by atoms with Gasteiger partial charge in [-0.1, -0.05) is 12.8 Å². The molecule has 2 fully saturated rings. The summed E-state index contributed by atoms with van der Waals surface area (Å²) in [6.07, 6.45) is 4.78. The van der Waals surface area contributed by atoms with Crippen molar-refractivity contribution in [1.82, 2.24) is 10.6 Å². The average Bonchev–Trinajstić information content (AvgIpc) is 2.66. The van der Waals surface area contributed by atoms with Crippen LogP contribution in [0.15, 0.2) is 0 Å². The molecule has 4 heteroatoms. The number of hydrogen-bond acceptors (Lipinski definition) is 3. The van der Waals surface area contributed by atoms with Crippen LogP contribution in [-0.2, 0) is 4.79 Å². The Morgan fingerprint density at radius 1 is 1.47 bits per heavy atom. The van der Waals surface area contributed by atoms with Crippen molar-refractivity contribution in [2.75, 3.05) is 18.1 Å². The van der Waals surface area contributed by atoms with Gasteiger partial charge in [0.05, 0.1) is 6.04 Å². The van der Waals surface area contributed by atoms with E-state index in [1.165, 1.54) is 12.8 Å². The van der Waals surface area contributed by atoms with Crippen molar-refractivity contribution in [2.45, 2.75) is 44.2 Å². The van der Waals surface area contributed by atoms with Crippen molar-refractivity contribution in [1.29, 1.82) is 0 Å². The summed E-state index contributed by atoms with van der Waals surface area (Å²) in [5, 5.41) is 6.49. The Morgan fingerprint density at radius 3 is 2.80 bits per heavy atom. The highest BCUT2D eigenvalue weighted by Gasteiger charge is 2.32. The van der Waals surface area contributed by atoms with Crippen LogP contribution in [0.5, 0.6) is 0 Å². The molecule has 1 unspecified atom stereocenters. The van der Waals surface area contributed by atoms with Gasteiger partial charge in [-0.15, -0.1) is 0 Å². The van der Waals surface area contributed by atoms with E-state index >= 15 is 0 Å². The fourth-order valence-electron chi connectivity index (χ4n) is 2.40. The molecule has 2 rings (SSSR count). The minimum absolute atomic E-state index is 0.0289. The van der Waals surface area contributed by atoms with Gasteiger partial charge in [-0.25, -0.2) is 0 Å². The minimum atomic E-state index is 0.0289. The molecule has 1 aliphatic carbocycles. The molecule has 1 heterocycles. The van der Waals surface area contributed by atoms with Gasteiger partial charge in [0.1, 0.15) is 0 Å². The van der Waals surface area contributed by atoms with E-state index < -0.39 is 0 Å². The van der Waals surface area contributed by atoms with Gasteiger partial charge in [0.25, 0.3) is 0 Å². The highest BCUT2D eigenvalue weighted by atomic mass is 32.2. The molecule has 1 saturated heterocycles. The molecule has 1 saturated carbocycles. The molecule has 1 aliphatic heterocycles. The molecule has 0 bridgehead atoms. The second kappa shape index (κ2) is 4.74. The summed E-state index contributed by atoms with van der Waals surface area (Å²) in [7, 11) is 0. The lowest BCUT2D eigenvalue weighted by atomic mass is 10.0. The number of carbonyl (C=O) groups is 1. The second-order valence-electron chi connectivity index (χ2n) is 4.84. The predicted molar refractivity (Wildman–Crippen MR) is 64.1 cm³/mol. The van der Waals surface area contributed by atoms with Gasteiger partial charge < -0.3 is 10.6 Å². The van der Waals surface area contributed by atoms with Crippen LogP contribution in [-0.4, -0.2) is 35.5 Å². The summed E-state index contributed by atoms with van der Waals surface area (Å²) in [5.41, 5.74) is 0.0703. The van der Waals surface area contributed by atoms with Gasteiger partial charge in [-0.3, -0.25) is 4.79 Å². The number of thioether (sulfide) groups is 1. The van der Waals surface area contributed by atoms with E-state index in [9.17, 15) is 4.79 Å². The van der Waals surface area contributed by atoms with E-state index in [0.29, 0.717) is 0 Å². The van der Waals surface area contributed by atoms with E-state index in [-0.39, 0.29) is 17.5 Å². The minimum Gasteiger partial charge on any atom is -0.350 e. The highest BCUT2D eigenvalue weighted by Crippen LogP contribution is 2.29. The highest BCUT2D eigenvalue weighted by molar-refractivity contribution is 7.99. The number of carbonyl (C=O) groups excluding carboxylic acids is 1. The lowest BCUT2D eigenvalue weighted by molar-refractivity contribution is -0.124. The number of amides is 1. The molecule has 0 aromatic heterocycles. The van der Waals surface area contributed by atoms with Gasteiger partial charge in [0.15, 0.2) is 0 Å². The maximum Gasteiger partial charge on any atom is 0.238 e. The summed E-state index contributed by atoms with van der Waals surface area (Å²) in [6.45, 7) is 3.13. The molecule has 86 valence electrons. The Labute approximate surface area is 95.8 Å². The van der Waals surface area contributed by atoms with Crippen LogP contribution in [0.1, 0.15) is 32.6 Å². The molecule has 1 amide bonds. The van der Waals surface area contributed by atoms with E-state index in [1.54, 1.807) is 0 Å². The third kappa shape index (κ3) is 2.88. The Bertz CT molecular complexity index is 233. The molecule has 3 nitrogen and oxygen atoms in total. The van der Waals surface area contributed by atoms with Crippen molar-refractivity contribution in [3.63, 3.8) is 0 Å². The largest absolute Gasteiger partial charge is 0.350 e. The molecular formula is C11H20N2OS. The zero-order valence-corrected chi connectivity index (χ0v) is 10.2. The maximum atomic E-state index is 12.0. The molecule has 0 aromatic carbocycles. The quantitative estimate of drug-likeness (QED) is 0.745. The lowest BCUT2D eigenvalue weighted by Gasteiger charge is -2.30. The third-order valence-electron chi connectivity index (χ3n) is 3.37. The van der Waals surface area contributed by atoms with Gasteiger partial charge in [0, 0.05) is 23.6 Å². The first kappa shape index (κ1) is 11.3. The zero-order chi connectivity index (χ0) is 10.7. The Kier molecular flexibility index (Phi) is 3.57. The van der Waals surface area contributed by atoms with Gasteiger partial charge in [-0.2, -0.15) is 11.8 Å². The van der Waals surface area contributed by atoms with Crippen LogP contribution in [0.25, 0.3) is 0 Å². The van der Waals surface area contributed by atoms with Gasteiger partial charge >= 0.3 is 0 Å². The maximum absolute atomic E-state index is 12.0. The van der Waals surface area contributed by atoms with Crippen LogP contribution < -0.4 is 10.6 Å². The standard InChI is InChI=1S/C11H20N2OS/c1-11(4-2-3-5-11)13-10(14)9-8-15-7-6-12-9/h9,12H,2-8H2,1H3,(H,13,14). The van der Waals surface area contributed by atoms with Crippen LogP contribution in [0.2, 0.25) is 0 Å². The molecule has 1 atom stereocenters. The van der Waals surface area contributed by atoms with Crippen LogP contribution >= 0.6 is 11.8 Å². The number of rotatable bonds is 2. The molecule has 2 N–H and O–H groups in total. The Balaban J connectivity index is 1.85. The molecule has 15 heavy (non-hydrogen) atoms. The van der Waals surface area contributed by atoms with E-state index in [1.807, 2.05) is 11.8 Å². The topological polar surface area (TPSA) is 41.1 Å². The van der Waals surface area contributed by atoms with Crippen LogP contribution in [0.3, 0.4) is 0 Å². The van der Waals surface area contributed by atoms with Crippen LogP contribution in [0.4, 0.5) is 0 Å². The first-order valence-electron chi connectivity index (χ1n) is 5.83. The van der Waals surface area contributed by atoms with Crippen LogP contribution in [0, 0.1) is 0 Å². The first-order valence-corrected chi connectivity index (χ1v) is 6.98. The van der Waals surface area contributed by atoms with E-state index in [2.05, 4.69) is 17.6 Å². The van der Waals surface area contributed by atoms with Crippen molar-refractivity contribution < 1.29 is 4.79 Å². The molecular weight excluding hydrogens is 208 g/mol. The normalized spacial score (nSPS) is 30.1. The van der Waals surface area contributed by atoms with Crippen molar-refractivity contribution in [2.24, 2.45) is 0 Å². The molecule has 0 spiro atoms. The van der Waals surface area contributed by atoms with Crippen molar-refractivity contribution >= 4 is 17.7 Å². The Hall–Kier alpha value is -0.220. The molecule has 0 radical (unpaired) electrons. The first-order chi connectivity index (χ1) is 7.20. The fraction of sp³-hybridized carbons (Fsp3) is 0.909. The summed E-state index contributed by atoms with van der Waals surface area (Å²) >= 11 is 1.86. The van der Waals surface area contributed by atoms with E-state index in [4.69, 9.17) is 0 Å². The summed E-state index contributed by atoms with van der Waals surface area (Å²) < 4.78 is 0. The monoisotopic (exact) mass is 228 g/mol. The van der Waals surface area contributed by atoms with Gasteiger partial charge in [-0.05, 0) is 19.8 Å². The number of hydrogen-bond donors (Lipinski definition) is 2. The second-order valence-corrected chi connectivity index (χ2v) is 5.99. The molecule has 0 aromatic rings. The molecule has 2 aliphatic rings. The van der Waals surface area contributed by atoms with Crippen molar-refractivity contribution in [3.05, 3.63) is 0 Å². The Morgan fingerprint density at radius 2 is 2.20 bits per heavy atom. The summed E-state index contributed by atoms with van der Waals surface area (Å²) in [4.78, 5) is 12.0. The summed E-state index contributed by atoms with van der Waals surface area (Å²) in [6, 6.07) is 0.0289. The average molecular weight is 228 g/mol. The lowest BCUT2D eigenvalue weighted by Crippen LogP contribution is -2.54. The predicted octanol–water partition coefficient (Wildman–Crippen LogP) is 1.14. The smallest absolute Gasteiger partial charge is 0.238 e. The summed E-state index contributed by atoms with van der Waals surface area (Å²) in [5.74, 6) is 2.25. The van der Waals surface area contributed by atoms with Gasteiger partial charge in [0.2, 0.25) is 5.91 Å². The third-order valence-corrected chi connectivity index (χ3v) is 4.43.